The Hall–Kier alpha value is -3.88. The van der Waals surface area contributed by atoms with Crippen molar-refractivity contribution in [3.8, 4) is 11.4 Å². The summed E-state index contributed by atoms with van der Waals surface area (Å²) in [5.41, 5.74) is 8.10. The number of benzene rings is 2. The Labute approximate surface area is 186 Å². The van der Waals surface area contributed by atoms with E-state index in [2.05, 4.69) is 4.98 Å². The number of carbonyl (C=O) groups is 1. The van der Waals surface area contributed by atoms with Gasteiger partial charge in [-0.3, -0.25) is 14.6 Å². The fraction of sp³-hybridized carbons (Fsp3) is 0.167. The molecule has 2 heterocycles. The Kier molecular flexibility index (Phi) is 6.34. The molecule has 0 spiro atoms. The van der Waals surface area contributed by atoms with Crippen LogP contribution in [0.2, 0.25) is 0 Å². The van der Waals surface area contributed by atoms with E-state index < -0.39 is 5.91 Å². The van der Waals surface area contributed by atoms with Gasteiger partial charge >= 0.3 is 0 Å². The number of para-hydroxylation sites is 1. The van der Waals surface area contributed by atoms with Crippen LogP contribution in [0.25, 0.3) is 22.3 Å². The van der Waals surface area contributed by atoms with E-state index in [4.69, 9.17) is 20.5 Å². The number of hydrogen-bond acceptors (Lipinski definition) is 7. The lowest BCUT2D eigenvalue weighted by molar-refractivity contribution is 0.1000. The summed E-state index contributed by atoms with van der Waals surface area (Å²) in [5, 5.41) is 2.45. The summed E-state index contributed by atoms with van der Waals surface area (Å²) in [6.45, 7) is 1.11. The Morgan fingerprint density at radius 1 is 1.03 bits per heavy atom. The van der Waals surface area contributed by atoms with Gasteiger partial charge in [0.05, 0.1) is 17.8 Å². The first kappa shape index (κ1) is 21.4. The molecule has 0 atom stereocenters. The molecule has 0 radical (unpaired) electrons. The number of nitrogens with two attached hydrogens (primary N) is 1. The van der Waals surface area contributed by atoms with Gasteiger partial charge in [0.2, 0.25) is 5.91 Å². The van der Waals surface area contributed by atoms with Gasteiger partial charge in [0.25, 0.3) is 0 Å². The van der Waals surface area contributed by atoms with Crippen LogP contribution in [-0.4, -0.2) is 53.0 Å². The molecule has 8 nitrogen and oxygen atoms in total. The normalized spacial score (nSPS) is 11.1. The largest absolute Gasteiger partial charge is 0.366 e. The van der Waals surface area contributed by atoms with E-state index in [1.54, 1.807) is 35.7 Å². The molecule has 0 saturated carbocycles. The molecule has 0 fully saturated rings. The molecular formula is C24H24N6O2. The van der Waals surface area contributed by atoms with Crippen molar-refractivity contribution in [2.75, 3.05) is 32.3 Å². The van der Waals surface area contributed by atoms with Crippen LogP contribution in [0.3, 0.4) is 0 Å². The highest BCUT2D eigenvalue weighted by Gasteiger charge is 2.19. The third-order valence-corrected chi connectivity index (χ3v) is 4.82. The molecule has 2 aromatic carbocycles. The molecule has 162 valence electrons. The number of carbonyl (C=O) groups excluding carboxylic acids is 1. The van der Waals surface area contributed by atoms with E-state index in [-0.39, 0.29) is 0 Å². The number of aromatic nitrogens is 3. The molecule has 0 aliphatic carbocycles. The van der Waals surface area contributed by atoms with E-state index in [9.17, 15) is 4.79 Å². The fourth-order valence-corrected chi connectivity index (χ4v) is 3.20. The van der Waals surface area contributed by atoms with Crippen molar-refractivity contribution in [2.45, 2.75) is 0 Å². The van der Waals surface area contributed by atoms with Crippen LogP contribution < -0.4 is 10.8 Å². The van der Waals surface area contributed by atoms with Gasteiger partial charge in [-0.1, -0.05) is 18.2 Å². The summed E-state index contributed by atoms with van der Waals surface area (Å²) in [4.78, 5) is 33.8. The van der Waals surface area contributed by atoms with Gasteiger partial charge < -0.3 is 10.6 Å². The predicted molar refractivity (Wildman–Crippen MR) is 124 cm³/mol. The van der Waals surface area contributed by atoms with Crippen molar-refractivity contribution >= 4 is 28.3 Å². The summed E-state index contributed by atoms with van der Waals surface area (Å²) < 4.78 is 0. The number of nitrogens with zero attached hydrogens (tertiary/aromatic N) is 5. The summed E-state index contributed by atoms with van der Waals surface area (Å²) in [6, 6.07) is 18.5. The minimum absolute atomic E-state index is 0.384. The highest BCUT2D eigenvalue weighted by Crippen LogP contribution is 2.32. The molecular weight excluding hydrogens is 404 g/mol. The van der Waals surface area contributed by atoms with Crippen LogP contribution in [-0.2, 0) is 4.84 Å². The predicted octanol–water partition coefficient (Wildman–Crippen LogP) is 3.42. The molecule has 8 heteroatoms. The van der Waals surface area contributed by atoms with E-state index in [1.807, 2.05) is 61.5 Å². The zero-order valence-electron chi connectivity index (χ0n) is 18.0. The molecule has 0 saturated heterocycles. The van der Waals surface area contributed by atoms with Gasteiger partial charge in [-0.2, -0.15) is 0 Å². The average Bonchev–Trinajstić information content (AvgIpc) is 2.82. The third kappa shape index (κ3) is 4.72. The Bertz CT molecular complexity index is 1230. The van der Waals surface area contributed by atoms with E-state index in [0.29, 0.717) is 36.0 Å². The van der Waals surface area contributed by atoms with Gasteiger partial charge in [-0.25, -0.2) is 15.0 Å². The van der Waals surface area contributed by atoms with Crippen molar-refractivity contribution < 1.29 is 9.63 Å². The lowest BCUT2D eigenvalue weighted by atomic mass is 10.1. The van der Waals surface area contributed by atoms with Crippen molar-refractivity contribution in [3.05, 3.63) is 78.6 Å². The number of amides is 1. The second-order valence-electron chi connectivity index (χ2n) is 7.48. The molecule has 0 bridgehead atoms. The summed E-state index contributed by atoms with van der Waals surface area (Å²) in [7, 11) is 3.95. The summed E-state index contributed by atoms with van der Waals surface area (Å²) >= 11 is 0. The average molecular weight is 428 g/mol. The zero-order chi connectivity index (χ0) is 22.5. The smallest absolute Gasteiger partial charge is 0.248 e. The maximum Gasteiger partial charge on any atom is 0.248 e. The number of pyridine rings is 1. The van der Waals surface area contributed by atoms with Crippen LogP contribution in [0, 0.1) is 0 Å². The second kappa shape index (κ2) is 9.51. The number of anilines is 2. The monoisotopic (exact) mass is 428 g/mol. The first-order valence-electron chi connectivity index (χ1n) is 10.2. The topological polar surface area (TPSA) is 97.5 Å². The van der Waals surface area contributed by atoms with E-state index in [0.717, 1.165) is 16.5 Å². The lowest BCUT2D eigenvalue weighted by Crippen LogP contribution is -2.26. The highest BCUT2D eigenvalue weighted by molar-refractivity contribution is 5.95. The van der Waals surface area contributed by atoms with E-state index >= 15 is 0 Å². The maximum atomic E-state index is 11.8. The van der Waals surface area contributed by atoms with E-state index in [1.165, 1.54) is 0 Å². The number of hydrogen-bond donors (Lipinski definition) is 1. The minimum Gasteiger partial charge on any atom is -0.366 e. The van der Waals surface area contributed by atoms with Crippen molar-refractivity contribution in [2.24, 2.45) is 5.73 Å². The van der Waals surface area contributed by atoms with Crippen LogP contribution >= 0.6 is 0 Å². The molecule has 2 aromatic heterocycles. The molecule has 2 N–H and O–H groups in total. The highest BCUT2D eigenvalue weighted by atomic mass is 16.7. The van der Waals surface area contributed by atoms with Crippen molar-refractivity contribution in [1.82, 2.24) is 19.9 Å². The molecule has 32 heavy (non-hydrogen) atoms. The Morgan fingerprint density at radius 3 is 2.62 bits per heavy atom. The second-order valence-corrected chi connectivity index (χ2v) is 7.48. The molecule has 0 unspecified atom stereocenters. The lowest BCUT2D eigenvalue weighted by Gasteiger charge is -2.25. The SMILES string of the molecule is CN(C)CCON(c1cccc(C(N)=O)c1)c1nc(-c2cccnc2)nc2ccccc12. The number of fused-ring (bicyclic) bond motifs is 1. The van der Waals surface area contributed by atoms with Crippen LogP contribution in [0.5, 0.6) is 0 Å². The van der Waals surface area contributed by atoms with Crippen LogP contribution in [0.1, 0.15) is 10.4 Å². The Balaban J connectivity index is 1.88. The Morgan fingerprint density at radius 2 is 1.88 bits per heavy atom. The fourth-order valence-electron chi connectivity index (χ4n) is 3.20. The van der Waals surface area contributed by atoms with Crippen molar-refractivity contribution in [1.29, 1.82) is 0 Å². The zero-order valence-corrected chi connectivity index (χ0v) is 18.0. The molecule has 0 aliphatic rings. The van der Waals surface area contributed by atoms with Crippen molar-refractivity contribution in [3.63, 3.8) is 0 Å². The van der Waals surface area contributed by atoms with Gasteiger partial charge in [0, 0.05) is 35.5 Å². The first-order chi connectivity index (χ1) is 15.5. The number of primary amides is 1. The number of likely N-dealkylation sites (N-methyl/N-ethyl adjacent to an activating group) is 1. The number of rotatable bonds is 8. The standard InChI is InChI=1S/C24H24N6O2/c1-29(2)13-14-32-30(19-9-5-7-17(15-19)22(25)31)24-20-10-3-4-11-21(20)27-23(28-24)18-8-6-12-26-16-18/h3-12,15-16H,13-14H2,1-2H3,(H2,25,31). The van der Waals surface area contributed by atoms with Crippen LogP contribution in [0.15, 0.2) is 73.1 Å². The quantitative estimate of drug-likeness (QED) is 0.430. The molecule has 4 rings (SSSR count). The maximum absolute atomic E-state index is 11.8. The summed E-state index contributed by atoms with van der Waals surface area (Å²) in [6.07, 6.45) is 3.43. The third-order valence-electron chi connectivity index (χ3n) is 4.82. The van der Waals surface area contributed by atoms with Gasteiger partial charge in [0.15, 0.2) is 11.6 Å². The summed E-state index contributed by atoms with van der Waals surface area (Å²) in [5.74, 6) is 0.581. The minimum atomic E-state index is -0.510. The van der Waals surface area contributed by atoms with Gasteiger partial charge in [0.1, 0.15) is 0 Å². The molecule has 1 amide bonds. The molecule has 4 aromatic rings. The van der Waals surface area contributed by atoms with Gasteiger partial charge in [-0.05, 0) is 56.6 Å². The first-order valence-corrected chi connectivity index (χ1v) is 10.2. The van der Waals surface area contributed by atoms with Crippen LogP contribution in [0.4, 0.5) is 11.5 Å². The molecule has 0 aliphatic heterocycles. The van der Waals surface area contributed by atoms with Gasteiger partial charge in [-0.15, -0.1) is 0 Å².